The molecule has 2 heterocycles. The Hall–Kier alpha value is -2.94. The lowest BCUT2D eigenvalue weighted by Gasteiger charge is -2.06. The summed E-state index contributed by atoms with van der Waals surface area (Å²) in [7, 11) is 1.72. The number of aryl methyl sites for hydroxylation is 1. The molecule has 9 nitrogen and oxygen atoms in total. The second-order valence-corrected chi connectivity index (χ2v) is 7.42. The summed E-state index contributed by atoms with van der Waals surface area (Å²) in [6, 6.07) is 6.01. The van der Waals surface area contributed by atoms with Crippen molar-refractivity contribution in [2.75, 3.05) is 5.32 Å². The molecule has 2 aromatic heterocycles. The maximum Gasteiger partial charge on any atom is 0.284 e. The summed E-state index contributed by atoms with van der Waals surface area (Å²) in [5.41, 5.74) is -0.00299. The van der Waals surface area contributed by atoms with Crippen molar-refractivity contribution in [2.45, 2.75) is 10.1 Å². The quantitative estimate of drug-likeness (QED) is 0.492. The van der Waals surface area contributed by atoms with E-state index in [1.165, 1.54) is 29.9 Å². The number of carbonyl (C=O) groups is 1. The predicted octanol–water partition coefficient (Wildman–Crippen LogP) is 3.71. The van der Waals surface area contributed by atoms with Crippen LogP contribution in [0.25, 0.3) is 0 Å². The normalized spacial score (nSPS) is 10.4. The summed E-state index contributed by atoms with van der Waals surface area (Å²) in [4.78, 5) is 23.6. The summed E-state index contributed by atoms with van der Waals surface area (Å²) in [5, 5.41) is 33.2. The van der Waals surface area contributed by atoms with Crippen LogP contribution in [0.3, 0.4) is 0 Å². The first kappa shape index (κ1) is 18.8. The third kappa shape index (κ3) is 3.92. The Balaban J connectivity index is 1.89. The summed E-state index contributed by atoms with van der Waals surface area (Å²) < 4.78 is 1.62. The number of nitrogens with zero attached hydrogens (tertiary/aromatic N) is 5. The van der Waals surface area contributed by atoms with Gasteiger partial charge in [-0.3, -0.25) is 14.9 Å². The summed E-state index contributed by atoms with van der Waals surface area (Å²) in [6.45, 7) is 0. The average Bonchev–Trinajstić information content (AvgIpc) is 3.20. The third-order valence-corrected chi connectivity index (χ3v) is 5.81. The molecule has 0 aliphatic rings. The SMILES string of the molecule is Cn1cnnc1Sc1ccc(C(=O)Nc2scc(Cl)c2C#N)cc1[N+](=O)[O-]. The molecule has 12 heteroatoms. The Morgan fingerprint density at radius 1 is 1.52 bits per heavy atom. The number of nitriles is 1. The molecular formula is C15H9ClN6O3S2. The minimum absolute atomic E-state index is 0.0810. The van der Waals surface area contributed by atoms with E-state index < -0.39 is 10.8 Å². The van der Waals surface area contributed by atoms with E-state index in [0.717, 1.165) is 23.1 Å². The standard InChI is InChI=1S/C15H9ClN6O3S2/c1-21-7-18-20-15(21)27-12-3-2-8(4-11(12)22(24)25)13(23)19-14-9(5-17)10(16)6-26-14/h2-4,6-7H,1H3,(H,19,23). The van der Waals surface area contributed by atoms with E-state index >= 15 is 0 Å². The lowest BCUT2D eigenvalue weighted by molar-refractivity contribution is -0.387. The molecule has 0 unspecified atom stereocenters. The zero-order valence-electron chi connectivity index (χ0n) is 13.5. The van der Waals surface area contributed by atoms with Gasteiger partial charge in [-0.05, 0) is 23.9 Å². The Kier molecular flexibility index (Phi) is 5.41. The highest BCUT2D eigenvalue weighted by Crippen LogP contribution is 2.35. The molecular weight excluding hydrogens is 412 g/mol. The molecule has 0 spiro atoms. The number of rotatable bonds is 5. The van der Waals surface area contributed by atoms with E-state index in [4.69, 9.17) is 16.9 Å². The van der Waals surface area contributed by atoms with Gasteiger partial charge in [-0.15, -0.1) is 21.5 Å². The fraction of sp³-hybridized carbons (Fsp3) is 0.0667. The monoisotopic (exact) mass is 420 g/mol. The highest BCUT2D eigenvalue weighted by molar-refractivity contribution is 7.99. The van der Waals surface area contributed by atoms with E-state index in [9.17, 15) is 14.9 Å². The molecule has 3 rings (SSSR count). The number of aromatic nitrogens is 3. The molecule has 1 aromatic carbocycles. The highest BCUT2D eigenvalue weighted by atomic mass is 35.5. The van der Waals surface area contributed by atoms with Crippen LogP contribution in [-0.4, -0.2) is 25.6 Å². The van der Waals surface area contributed by atoms with Crippen LogP contribution in [0.1, 0.15) is 15.9 Å². The molecule has 0 saturated carbocycles. The fourth-order valence-corrected chi connectivity index (χ4v) is 4.00. The molecule has 136 valence electrons. The molecule has 1 amide bonds. The van der Waals surface area contributed by atoms with Gasteiger partial charge < -0.3 is 9.88 Å². The van der Waals surface area contributed by atoms with Crippen molar-refractivity contribution in [1.29, 1.82) is 5.26 Å². The van der Waals surface area contributed by atoms with E-state index in [0.29, 0.717) is 10.1 Å². The predicted molar refractivity (Wildman–Crippen MR) is 100 cm³/mol. The molecule has 0 radical (unpaired) electrons. The highest BCUT2D eigenvalue weighted by Gasteiger charge is 2.21. The average molecular weight is 421 g/mol. The van der Waals surface area contributed by atoms with Crippen molar-refractivity contribution in [3.05, 3.63) is 56.2 Å². The van der Waals surface area contributed by atoms with E-state index in [-0.39, 0.29) is 26.8 Å². The van der Waals surface area contributed by atoms with E-state index in [1.807, 2.05) is 6.07 Å². The topological polar surface area (TPSA) is 127 Å². The van der Waals surface area contributed by atoms with Gasteiger partial charge in [0, 0.05) is 24.1 Å². The Bertz CT molecular complexity index is 1090. The van der Waals surface area contributed by atoms with Gasteiger partial charge >= 0.3 is 0 Å². The maximum absolute atomic E-state index is 12.4. The van der Waals surface area contributed by atoms with Gasteiger partial charge in [0.1, 0.15) is 23.0 Å². The first-order valence-corrected chi connectivity index (χ1v) is 9.27. The Morgan fingerprint density at radius 2 is 2.30 bits per heavy atom. The Morgan fingerprint density at radius 3 is 2.93 bits per heavy atom. The first-order valence-electron chi connectivity index (χ1n) is 7.19. The zero-order valence-corrected chi connectivity index (χ0v) is 15.9. The lowest BCUT2D eigenvalue weighted by atomic mass is 10.2. The second-order valence-electron chi connectivity index (χ2n) is 5.12. The summed E-state index contributed by atoms with van der Waals surface area (Å²) in [6.07, 6.45) is 1.48. The number of hydrogen-bond donors (Lipinski definition) is 1. The van der Waals surface area contributed by atoms with Crippen LogP contribution in [0.15, 0.2) is 40.0 Å². The molecule has 0 atom stereocenters. The van der Waals surface area contributed by atoms with Crippen LogP contribution in [0, 0.1) is 21.4 Å². The summed E-state index contributed by atoms with van der Waals surface area (Å²) >= 11 is 8.04. The fourth-order valence-electron chi connectivity index (χ4n) is 2.06. The van der Waals surface area contributed by atoms with Crippen molar-refractivity contribution >= 4 is 51.3 Å². The van der Waals surface area contributed by atoms with Crippen molar-refractivity contribution in [3.63, 3.8) is 0 Å². The number of thiophene rings is 1. The molecule has 0 saturated heterocycles. The van der Waals surface area contributed by atoms with Gasteiger partial charge in [-0.2, -0.15) is 5.26 Å². The van der Waals surface area contributed by atoms with Gasteiger partial charge in [0.15, 0.2) is 5.16 Å². The molecule has 3 aromatic rings. The zero-order chi connectivity index (χ0) is 19.6. The lowest BCUT2D eigenvalue weighted by Crippen LogP contribution is -2.12. The number of nitrogens with one attached hydrogen (secondary N) is 1. The molecule has 0 aliphatic heterocycles. The molecule has 1 N–H and O–H groups in total. The van der Waals surface area contributed by atoms with Gasteiger partial charge in [0.25, 0.3) is 11.6 Å². The molecule has 0 aliphatic carbocycles. The molecule has 27 heavy (non-hydrogen) atoms. The maximum atomic E-state index is 12.4. The molecule has 0 bridgehead atoms. The number of benzene rings is 1. The number of hydrogen-bond acceptors (Lipinski definition) is 8. The smallest absolute Gasteiger partial charge is 0.284 e. The van der Waals surface area contributed by atoms with Crippen molar-refractivity contribution in [3.8, 4) is 6.07 Å². The minimum atomic E-state index is -0.580. The van der Waals surface area contributed by atoms with Crippen molar-refractivity contribution < 1.29 is 9.72 Å². The minimum Gasteiger partial charge on any atom is -0.312 e. The van der Waals surface area contributed by atoms with Crippen LogP contribution in [0.2, 0.25) is 5.02 Å². The van der Waals surface area contributed by atoms with Gasteiger partial charge in [0.05, 0.1) is 14.8 Å². The van der Waals surface area contributed by atoms with E-state index in [1.54, 1.807) is 11.6 Å². The van der Waals surface area contributed by atoms with Gasteiger partial charge in [0.2, 0.25) is 0 Å². The third-order valence-electron chi connectivity index (χ3n) is 3.37. The van der Waals surface area contributed by atoms with Crippen molar-refractivity contribution in [1.82, 2.24) is 14.8 Å². The number of halogens is 1. The summed E-state index contributed by atoms with van der Waals surface area (Å²) in [5.74, 6) is -0.580. The van der Waals surface area contributed by atoms with Gasteiger partial charge in [-0.25, -0.2) is 0 Å². The largest absolute Gasteiger partial charge is 0.312 e. The van der Waals surface area contributed by atoms with Crippen LogP contribution in [0.4, 0.5) is 10.7 Å². The number of carbonyl (C=O) groups excluding carboxylic acids is 1. The number of amides is 1. The van der Waals surface area contributed by atoms with E-state index in [2.05, 4.69) is 15.5 Å². The van der Waals surface area contributed by atoms with Crippen LogP contribution < -0.4 is 5.32 Å². The Labute approximate surface area is 165 Å². The van der Waals surface area contributed by atoms with Crippen LogP contribution in [0.5, 0.6) is 0 Å². The molecule has 0 fully saturated rings. The van der Waals surface area contributed by atoms with Crippen molar-refractivity contribution in [2.24, 2.45) is 7.05 Å². The number of nitro groups is 1. The van der Waals surface area contributed by atoms with Crippen LogP contribution in [-0.2, 0) is 7.05 Å². The first-order chi connectivity index (χ1) is 12.9. The number of anilines is 1. The number of nitro benzene ring substituents is 1. The van der Waals surface area contributed by atoms with Crippen LogP contribution >= 0.6 is 34.7 Å². The van der Waals surface area contributed by atoms with Gasteiger partial charge in [-0.1, -0.05) is 11.6 Å². The second kappa shape index (κ2) is 7.75.